The van der Waals surface area contributed by atoms with Gasteiger partial charge in [0, 0.05) is 24.4 Å². The summed E-state index contributed by atoms with van der Waals surface area (Å²) in [5.41, 5.74) is 1.29. The van der Waals surface area contributed by atoms with Gasteiger partial charge in [-0.2, -0.15) is 4.52 Å². The summed E-state index contributed by atoms with van der Waals surface area (Å²) in [6.07, 6.45) is 1.44. The van der Waals surface area contributed by atoms with Crippen molar-refractivity contribution in [1.29, 1.82) is 0 Å². The first kappa shape index (κ1) is 14.1. The molecule has 3 aromatic rings. The van der Waals surface area contributed by atoms with Crippen molar-refractivity contribution in [3.63, 3.8) is 0 Å². The van der Waals surface area contributed by atoms with Crippen LogP contribution in [-0.4, -0.2) is 26.1 Å². The maximum Gasteiger partial charge on any atom is 0.273 e. The lowest BCUT2D eigenvalue weighted by molar-refractivity contribution is 0.0934. The first-order valence-corrected chi connectivity index (χ1v) is 7.04. The number of para-hydroxylation sites is 1. The highest BCUT2D eigenvalue weighted by atomic mass is 16.2. The molecule has 3 rings (SSSR count). The van der Waals surface area contributed by atoms with Gasteiger partial charge in [0.15, 0.2) is 5.65 Å². The summed E-state index contributed by atoms with van der Waals surface area (Å²) in [5.74, 6) is -0.247. The van der Waals surface area contributed by atoms with Crippen LogP contribution in [0.15, 0.2) is 53.5 Å². The lowest BCUT2D eigenvalue weighted by Gasteiger charge is -2.12. The summed E-state index contributed by atoms with van der Waals surface area (Å²) in [7, 11) is 0. The second-order valence-electron chi connectivity index (χ2n) is 5.26. The number of amides is 1. The van der Waals surface area contributed by atoms with Gasteiger partial charge in [-0.05, 0) is 26.0 Å². The molecule has 2 aromatic heterocycles. The Hall–Kier alpha value is -2.89. The third-order valence-electron chi connectivity index (χ3n) is 3.20. The fraction of sp³-hybridized carbons (Fsp3) is 0.188. The number of carbonyl (C=O) groups is 1. The minimum absolute atomic E-state index is 0.000540. The predicted octanol–water partition coefficient (Wildman–Crippen LogP) is 1.62. The molecular weight excluding hydrogens is 280 g/mol. The van der Waals surface area contributed by atoms with Crippen LogP contribution >= 0.6 is 0 Å². The van der Waals surface area contributed by atoms with Crippen molar-refractivity contribution in [3.05, 3.63) is 64.7 Å². The van der Waals surface area contributed by atoms with E-state index in [1.807, 2.05) is 44.2 Å². The summed E-state index contributed by atoms with van der Waals surface area (Å²) >= 11 is 0. The van der Waals surface area contributed by atoms with Crippen molar-refractivity contribution in [2.24, 2.45) is 0 Å². The van der Waals surface area contributed by atoms with Gasteiger partial charge in [0.05, 0.1) is 5.69 Å². The van der Waals surface area contributed by atoms with Gasteiger partial charge in [0.2, 0.25) is 0 Å². The Kier molecular flexibility index (Phi) is 3.50. The molecule has 0 unspecified atom stereocenters. The molecule has 0 radical (unpaired) electrons. The molecule has 0 aliphatic carbocycles. The van der Waals surface area contributed by atoms with Gasteiger partial charge in [-0.3, -0.25) is 9.59 Å². The summed E-state index contributed by atoms with van der Waals surface area (Å²) in [6, 6.07) is 12.3. The van der Waals surface area contributed by atoms with E-state index >= 15 is 0 Å². The molecule has 0 saturated carbocycles. The normalized spacial score (nSPS) is 11.0. The molecule has 6 heteroatoms. The molecule has 0 fully saturated rings. The second-order valence-corrected chi connectivity index (χ2v) is 5.26. The summed E-state index contributed by atoms with van der Waals surface area (Å²) in [4.78, 5) is 28.8. The molecule has 0 spiro atoms. The van der Waals surface area contributed by atoms with E-state index in [-0.39, 0.29) is 17.5 Å². The number of fused-ring (bicyclic) bond motifs is 1. The lowest BCUT2D eigenvalue weighted by atomic mass is 10.3. The minimum atomic E-state index is -0.247. The monoisotopic (exact) mass is 296 g/mol. The predicted molar refractivity (Wildman–Crippen MR) is 83.4 cm³/mol. The Morgan fingerprint density at radius 2 is 1.91 bits per heavy atom. The Bertz CT molecular complexity index is 878. The number of hydrogen-bond donors (Lipinski definition) is 1. The average Bonchev–Trinajstić information content (AvgIpc) is 2.88. The van der Waals surface area contributed by atoms with Gasteiger partial charge in [-0.15, -0.1) is 0 Å². The fourth-order valence-corrected chi connectivity index (χ4v) is 2.33. The Labute approximate surface area is 127 Å². The lowest BCUT2D eigenvalue weighted by Crippen LogP contribution is -2.32. The third-order valence-corrected chi connectivity index (χ3v) is 3.20. The first-order valence-electron chi connectivity index (χ1n) is 7.04. The number of carbonyl (C=O) groups excluding carboxylic acids is 1. The zero-order chi connectivity index (χ0) is 15.7. The molecule has 1 amide bonds. The molecule has 6 nitrogen and oxygen atoms in total. The quantitative estimate of drug-likeness (QED) is 0.798. The van der Waals surface area contributed by atoms with Gasteiger partial charge >= 0.3 is 0 Å². The van der Waals surface area contributed by atoms with E-state index < -0.39 is 0 Å². The maximum atomic E-state index is 12.5. The van der Waals surface area contributed by atoms with E-state index in [2.05, 4.69) is 10.3 Å². The molecule has 0 bridgehead atoms. The second kappa shape index (κ2) is 5.48. The van der Waals surface area contributed by atoms with Crippen LogP contribution < -0.4 is 10.9 Å². The minimum Gasteiger partial charge on any atom is -0.349 e. The van der Waals surface area contributed by atoms with Gasteiger partial charge in [0.1, 0.15) is 5.69 Å². The van der Waals surface area contributed by atoms with Crippen LogP contribution in [0.25, 0.3) is 11.3 Å². The molecule has 2 heterocycles. The number of nitrogens with one attached hydrogen (secondary N) is 1. The van der Waals surface area contributed by atoms with Crippen molar-refractivity contribution < 1.29 is 4.79 Å². The van der Waals surface area contributed by atoms with Gasteiger partial charge in [-0.1, -0.05) is 18.2 Å². The number of rotatable bonds is 3. The van der Waals surface area contributed by atoms with E-state index in [0.29, 0.717) is 11.3 Å². The number of aromatic nitrogens is 3. The van der Waals surface area contributed by atoms with Gasteiger partial charge in [-0.25, -0.2) is 9.67 Å². The van der Waals surface area contributed by atoms with Crippen molar-refractivity contribution in [3.8, 4) is 5.69 Å². The smallest absolute Gasteiger partial charge is 0.273 e. The van der Waals surface area contributed by atoms with Crippen LogP contribution in [0, 0.1) is 0 Å². The molecule has 0 atom stereocenters. The highest BCUT2D eigenvalue weighted by Gasteiger charge is 2.18. The van der Waals surface area contributed by atoms with E-state index in [1.165, 1.54) is 16.8 Å². The van der Waals surface area contributed by atoms with Gasteiger partial charge in [0.25, 0.3) is 11.5 Å². The van der Waals surface area contributed by atoms with E-state index in [0.717, 1.165) is 5.69 Å². The average molecular weight is 296 g/mol. The van der Waals surface area contributed by atoms with Crippen molar-refractivity contribution in [1.82, 2.24) is 19.5 Å². The van der Waals surface area contributed by atoms with E-state index in [1.54, 1.807) is 10.7 Å². The molecule has 0 saturated heterocycles. The van der Waals surface area contributed by atoms with Crippen LogP contribution in [0.4, 0.5) is 0 Å². The van der Waals surface area contributed by atoms with E-state index in [4.69, 9.17) is 0 Å². The number of nitrogens with zero attached hydrogens (tertiary/aromatic N) is 3. The highest BCUT2D eigenvalue weighted by Crippen LogP contribution is 2.14. The topological polar surface area (TPSA) is 68.4 Å². The summed E-state index contributed by atoms with van der Waals surface area (Å²) in [5, 5.41) is 2.85. The zero-order valence-corrected chi connectivity index (χ0v) is 12.4. The number of hydrogen-bond acceptors (Lipinski definition) is 3. The van der Waals surface area contributed by atoms with Crippen molar-refractivity contribution in [2.45, 2.75) is 19.9 Å². The molecule has 112 valence electrons. The molecule has 0 aliphatic rings. The zero-order valence-electron chi connectivity index (χ0n) is 12.4. The van der Waals surface area contributed by atoms with Crippen LogP contribution in [0.3, 0.4) is 0 Å². The molecule has 1 aromatic carbocycles. The molecule has 1 N–H and O–H groups in total. The SMILES string of the molecule is CC(C)NC(=O)c1cc2nccc(=O)n2n1-c1ccccc1. The Balaban J connectivity index is 2.30. The molecular formula is C16H16N4O2. The third kappa shape index (κ3) is 2.39. The fourth-order valence-electron chi connectivity index (χ4n) is 2.33. The largest absolute Gasteiger partial charge is 0.349 e. The van der Waals surface area contributed by atoms with Crippen molar-refractivity contribution >= 4 is 11.6 Å². The van der Waals surface area contributed by atoms with Crippen molar-refractivity contribution in [2.75, 3.05) is 0 Å². The van der Waals surface area contributed by atoms with Crippen LogP contribution in [0.1, 0.15) is 24.3 Å². The molecule has 22 heavy (non-hydrogen) atoms. The van der Waals surface area contributed by atoms with Crippen LogP contribution in [0.5, 0.6) is 0 Å². The molecule has 0 aliphatic heterocycles. The maximum absolute atomic E-state index is 12.5. The van der Waals surface area contributed by atoms with E-state index in [9.17, 15) is 9.59 Å². The Morgan fingerprint density at radius 1 is 1.18 bits per heavy atom. The summed E-state index contributed by atoms with van der Waals surface area (Å²) < 4.78 is 2.98. The Morgan fingerprint density at radius 3 is 2.59 bits per heavy atom. The first-order chi connectivity index (χ1) is 10.6. The number of benzene rings is 1. The van der Waals surface area contributed by atoms with Crippen LogP contribution in [0.2, 0.25) is 0 Å². The van der Waals surface area contributed by atoms with Crippen LogP contribution in [-0.2, 0) is 0 Å². The summed E-state index contributed by atoms with van der Waals surface area (Å²) in [6.45, 7) is 3.77. The van der Waals surface area contributed by atoms with Gasteiger partial charge < -0.3 is 5.32 Å². The standard InChI is InChI=1S/C16H16N4O2/c1-11(2)18-16(22)13-10-14-17-9-8-15(21)20(14)19(13)12-6-4-3-5-7-12/h3-11H,1-2H3,(H,18,22). The highest BCUT2D eigenvalue weighted by molar-refractivity contribution is 5.94.